The van der Waals surface area contributed by atoms with Gasteiger partial charge in [-0.2, -0.15) is 0 Å². The number of carbonyl (C=O) groups excluding carboxylic acids is 1. The lowest BCUT2D eigenvalue weighted by atomic mass is 10.1. The van der Waals surface area contributed by atoms with E-state index in [1.165, 1.54) is 4.90 Å². The fraction of sp³-hybridized carbons (Fsp3) is 0.429. The van der Waals surface area contributed by atoms with Crippen molar-refractivity contribution in [3.63, 3.8) is 0 Å². The molecule has 0 radical (unpaired) electrons. The zero-order chi connectivity index (χ0) is 17.0. The molecule has 1 aromatic rings. The van der Waals surface area contributed by atoms with Crippen LogP contribution in [-0.4, -0.2) is 43.5 Å². The van der Waals surface area contributed by atoms with Crippen molar-refractivity contribution in [3.8, 4) is 0 Å². The van der Waals surface area contributed by atoms with Crippen molar-refractivity contribution >= 4 is 41.2 Å². The number of likely N-dealkylation sites (N-methyl/N-ethyl adjacent to an activating group) is 1. The van der Waals surface area contributed by atoms with Crippen molar-refractivity contribution in [1.29, 1.82) is 0 Å². The first-order valence-electron chi connectivity index (χ1n) is 7.09. The first-order valence-corrected chi connectivity index (χ1v) is 9.35. The Morgan fingerprint density at radius 2 is 1.96 bits per heavy atom. The molecular weight excluding hydrogens is 387 g/mol. The Hall–Kier alpha value is -1.21. The summed E-state index contributed by atoms with van der Waals surface area (Å²) >= 11 is 3.33. The first-order chi connectivity index (χ1) is 10.9. The Bertz CT molecular complexity index is 669. The highest BCUT2D eigenvalue weighted by Crippen LogP contribution is 2.50. The molecule has 0 saturated carbocycles. The average molecular weight is 405 g/mol. The summed E-state index contributed by atoms with van der Waals surface area (Å²) in [4.78, 5) is 18.1. The van der Waals surface area contributed by atoms with E-state index in [1.807, 2.05) is 0 Å². The van der Waals surface area contributed by atoms with Gasteiger partial charge in [0.15, 0.2) is 0 Å². The molecule has 1 aliphatic rings. The van der Waals surface area contributed by atoms with Crippen molar-refractivity contribution in [2.75, 3.05) is 26.8 Å². The van der Waals surface area contributed by atoms with Gasteiger partial charge in [-0.15, -0.1) is 0 Å². The van der Waals surface area contributed by atoms with E-state index in [1.54, 1.807) is 39.1 Å². The Balaban J connectivity index is 2.37. The maximum Gasteiger partial charge on any atom is 0.531 e. The van der Waals surface area contributed by atoms with Crippen LogP contribution in [0.1, 0.15) is 24.2 Å². The van der Waals surface area contributed by atoms with E-state index in [0.717, 1.165) is 4.47 Å². The number of benzene rings is 1. The van der Waals surface area contributed by atoms with Crippen LogP contribution >= 0.6 is 23.8 Å². The van der Waals surface area contributed by atoms with Gasteiger partial charge in [-0.25, -0.2) is 9.56 Å². The van der Waals surface area contributed by atoms with Gasteiger partial charge in [0.2, 0.25) is 5.90 Å². The Labute approximate surface area is 143 Å². The van der Waals surface area contributed by atoms with E-state index < -0.39 is 7.82 Å². The molecule has 0 atom stereocenters. The number of amides is 1. The van der Waals surface area contributed by atoms with Crippen LogP contribution in [0.4, 0.5) is 5.69 Å². The van der Waals surface area contributed by atoms with E-state index in [0.29, 0.717) is 11.3 Å². The van der Waals surface area contributed by atoms with Crippen LogP contribution in [0.3, 0.4) is 0 Å². The quantitative estimate of drug-likeness (QED) is 0.698. The normalized spacial score (nSPS) is 15.0. The summed E-state index contributed by atoms with van der Waals surface area (Å²) in [6, 6.07) is 5.14. The lowest BCUT2D eigenvalue weighted by molar-refractivity contribution is 0.0810. The first kappa shape index (κ1) is 18.1. The summed E-state index contributed by atoms with van der Waals surface area (Å²) in [6.45, 7) is 3.78. The maximum atomic E-state index is 12.5. The van der Waals surface area contributed by atoms with Crippen LogP contribution in [0, 0.1) is 0 Å². The van der Waals surface area contributed by atoms with Gasteiger partial charge < -0.3 is 9.42 Å². The summed E-state index contributed by atoms with van der Waals surface area (Å²) in [5.74, 6) is -0.0987. The SMILES string of the molecule is CCOP(=O)(OCC)OC1=Nc2ccc(Br)cc2C(=O)N(C)C1. The van der Waals surface area contributed by atoms with E-state index in [2.05, 4.69) is 20.9 Å². The molecule has 7 nitrogen and oxygen atoms in total. The molecule has 126 valence electrons. The van der Waals surface area contributed by atoms with E-state index in [4.69, 9.17) is 13.6 Å². The molecule has 1 aliphatic heterocycles. The van der Waals surface area contributed by atoms with E-state index in [9.17, 15) is 9.36 Å². The van der Waals surface area contributed by atoms with Gasteiger partial charge in [-0.05, 0) is 32.0 Å². The Morgan fingerprint density at radius 3 is 2.57 bits per heavy atom. The molecule has 9 heteroatoms. The molecule has 1 amide bonds. The molecule has 0 saturated heterocycles. The number of hydrogen-bond acceptors (Lipinski definition) is 6. The van der Waals surface area contributed by atoms with Gasteiger partial charge in [-0.3, -0.25) is 13.8 Å². The number of rotatable bonds is 5. The third-order valence-corrected chi connectivity index (χ3v) is 5.02. The summed E-state index contributed by atoms with van der Waals surface area (Å²) in [5.41, 5.74) is 0.875. The summed E-state index contributed by atoms with van der Waals surface area (Å²) in [6.07, 6.45) is 0. The van der Waals surface area contributed by atoms with Crippen LogP contribution in [-0.2, 0) is 18.1 Å². The number of hydrogen-bond donors (Lipinski definition) is 0. The number of halogens is 1. The highest BCUT2D eigenvalue weighted by molar-refractivity contribution is 9.10. The van der Waals surface area contributed by atoms with Crippen LogP contribution in [0.2, 0.25) is 0 Å². The minimum absolute atomic E-state index is 0.0648. The van der Waals surface area contributed by atoms with Crippen LogP contribution < -0.4 is 0 Å². The minimum atomic E-state index is -3.75. The summed E-state index contributed by atoms with van der Waals surface area (Å²) in [5, 5.41) is 0. The fourth-order valence-electron chi connectivity index (χ4n) is 2.01. The van der Waals surface area contributed by atoms with Crippen molar-refractivity contribution in [2.24, 2.45) is 4.99 Å². The van der Waals surface area contributed by atoms with Gasteiger partial charge in [0.05, 0.1) is 31.0 Å². The second-order valence-electron chi connectivity index (χ2n) is 4.70. The third-order valence-electron chi connectivity index (χ3n) is 2.94. The third kappa shape index (κ3) is 4.41. The molecule has 2 rings (SSSR count). The molecule has 0 aromatic heterocycles. The maximum absolute atomic E-state index is 12.5. The molecule has 0 N–H and O–H groups in total. The molecule has 23 heavy (non-hydrogen) atoms. The van der Waals surface area contributed by atoms with Crippen molar-refractivity contribution in [1.82, 2.24) is 4.90 Å². The number of phosphoric acid groups is 1. The molecule has 1 aromatic carbocycles. The van der Waals surface area contributed by atoms with Gasteiger partial charge >= 0.3 is 7.82 Å². The van der Waals surface area contributed by atoms with Gasteiger partial charge in [0, 0.05) is 11.5 Å². The molecule has 0 spiro atoms. The van der Waals surface area contributed by atoms with Crippen LogP contribution in [0.25, 0.3) is 0 Å². The van der Waals surface area contributed by atoms with Gasteiger partial charge in [-0.1, -0.05) is 15.9 Å². The summed E-state index contributed by atoms with van der Waals surface area (Å²) < 4.78 is 28.9. The molecule has 0 unspecified atom stereocenters. The smallest absolute Gasteiger partial charge is 0.388 e. The van der Waals surface area contributed by atoms with Crippen molar-refractivity contribution in [3.05, 3.63) is 28.2 Å². The van der Waals surface area contributed by atoms with Crippen LogP contribution in [0.5, 0.6) is 0 Å². The molecular formula is C14H18BrN2O5P. The predicted molar refractivity (Wildman–Crippen MR) is 90.1 cm³/mol. The lowest BCUT2D eigenvalue weighted by Crippen LogP contribution is -2.31. The number of carbonyl (C=O) groups is 1. The molecule has 1 heterocycles. The highest BCUT2D eigenvalue weighted by atomic mass is 79.9. The van der Waals surface area contributed by atoms with E-state index in [-0.39, 0.29) is 31.6 Å². The predicted octanol–water partition coefficient (Wildman–Crippen LogP) is 3.76. The number of aliphatic imine (C=N–C) groups is 1. The fourth-order valence-corrected chi connectivity index (χ4v) is 3.54. The second-order valence-corrected chi connectivity index (χ2v) is 7.21. The van der Waals surface area contributed by atoms with Crippen molar-refractivity contribution < 1.29 is 22.9 Å². The topological polar surface area (TPSA) is 77.4 Å². The Morgan fingerprint density at radius 1 is 1.30 bits per heavy atom. The zero-order valence-electron chi connectivity index (χ0n) is 13.1. The molecule has 0 bridgehead atoms. The Kier molecular flexibility index (Phi) is 5.97. The van der Waals surface area contributed by atoms with Crippen molar-refractivity contribution in [2.45, 2.75) is 13.8 Å². The monoisotopic (exact) mass is 404 g/mol. The minimum Gasteiger partial charge on any atom is -0.388 e. The molecule has 0 aliphatic carbocycles. The lowest BCUT2D eigenvalue weighted by Gasteiger charge is -2.20. The second kappa shape index (κ2) is 7.57. The van der Waals surface area contributed by atoms with Crippen LogP contribution in [0.15, 0.2) is 27.7 Å². The van der Waals surface area contributed by atoms with Gasteiger partial charge in [0.25, 0.3) is 5.91 Å². The number of fused-ring (bicyclic) bond motifs is 1. The van der Waals surface area contributed by atoms with E-state index >= 15 is 0 Å². The largest absolute Gasteiger partial charge is 0.531 e. The van der Waals surface area contributed by atoms with Gasteiger partial charge in [0.1, 0.15) is 0 Å². The zero-order valence-corrected chi connectivity index (χ0v) is 15.6. The number of phosphoric ester groups is 1. The number of nitrogens with zero attached hydrogens (tertiary/aromatic N) is 2. The summed E-state index contributed by atoms with van der Waals surface area (Å²) in [7, 11) is -2.14. The standard InChI is InChI=1S/C14H18BrN2O5P/c1-4-20-23(19,21-5-2)22-13-9-17(3)14(18)11-8-10(15)6-7-12(11)16-13/h6-8H,4-5,9H2,1-3H3. The average Bonchev–Trinajstić information content (AvgIpc) is 2.58. The highest BCUT2D eigenvalue weighted by Gasteiger charge is 2.32. The molecule has 0 fully saturated rings.